The van der Waals surface area contributed by atoms with Crippen LogP contribution in [0.3, 0.4) is 0 Å². The van der Waals surface area contributed by atoms with E-state index in [1.807, 2.05) is 56.3 Å². The Morgan fingerprint density at radius 2 is 1.95 bits per heavy atom. The molecule has 0 spiro atoms. The van der Waals surface area contributed by atoms with Gasteiger partial charge >= 0.3 is 6.09 Å². The highest BCUT2D eigenvalue weighted by molar-refractivity contribution is 7.84. The molecular formula is C14H17NO3S. The number of ether oxygens (including phenoxy) is 1. The Morgan fingerprint density at radius 1 is 1.26 bits per heavy atom. The molecular weight excluding hydrogens is 262 g/mol. The fourth-order valence-electron chi connectivity index (χ4n) is 1.83. The first-order valence-corrected chi connectivity index (χ1v) is 7.35. The Labute approximate surface area is 115 Å². The molecule has 0 aromatic heterocycles. The molecule has 5 heteroatoms. The predicted octanol–water partition coefficient (Wildman–Crippen LogP) is 2.64. The first kappa shape index (κ1) is 13.8. The van der Waals surface area contributed by atoms with Gasteiger partial charge in [-0.2, -0.15) is 0 Å². The number of hydrogen-bond acceptors (Lipinski definition) is 3. The Balaban J connectivity index is 2.00. The molecule has 2 rings (SSSR count). The number of benzene rings is 1. The molecule has 3 unspecified atom stereocenters. The second-order valence-corrected chi connectivity index (χ2v) is 6.16. The van der Waals surface area contributed by atoms with Crippen molar-refractivity contribution in [1.29, 1.82) is 0 Å². The Bertz CT molecular complexity index is 501. The third kappa shape index (κ3) is 3.23. The van der Waals surface area contributed by atoms with Gasteiger partial charge in [0.25, 0.3) is 0 Å². The molecule has 0 saturated carbocycles. The molecule has 0 N–H and O–H groups in total. The van der Waals surface area contributed by atoms with Crippen LogP contribution < -0.4 is 0 Å². The van der Waals surface area contributed by atoms with Gasteiger partial charge in [-0.05, 0) is 19.4 Å². The Kier molecular flexibility index (Phi) is 4.37. The standard InChI is InChI=1S/C14H17NO3S/c1-11-8-9-12(2)19(17)15(11)14(16)18-10-13-6-4-3-5-7-13/h3-9,11-12H,10H2,1-2H3. The molecule has 19 heavy (non-hydrogen) atoms. The van der Waals surface area contributed by atoms with Crippen LogP contribution in [0.2, 0.25) is 0 Å². The third-order valence-electron chi connectivity index (χ3n) is 2.93. The molecule has 1 aromatic rings. The lowest BCUT2D eigenvalue weighted by Crippen LogP contribution is -2.44. The zero-order chi connectivity index (χ0) is 13.8. The van der Waals surface area contributed by atoms with E-state index in [9.17, 15) is 9.00 Å². The molecule has 0 bridgehead atoms. The highest BCUT2D eigenvalue weighted by atomic mass is 32.2. The van der Waals surface area contributed by atoms with E-state index in [1.54, 1.807) is 0 Å². The number of nitrogens with zero attached hydrogens (tertiary/aromatic N) is 1. The van der Waals surface area contributed by atoms with E-state index in [-0.39, 0.29) is 17.9 Å². The first-order valence-electron chi connectivity index (χ1n) is 6.18. The van der Waals surface area contributed by atoms with Crippen molar-refractivity contribution >= 4 is 17.1 Å². The highest BCUT2D eigenvalue weighted by Crippen LogP contribution is 2.18. The second kappa shape index (κ2) is 6.02. The van der Waals surface area contributed by atoms with E-state index in [0.29, 0.717) is 0 Å². The normalized spacial score (nSPS) is 26.2. The van der Waals surface area contributed by atoms with Crippen LogP contribution in [-0.2, 0) is 22.3 Å². The Hall–Kier alpha value is -1.62. The summed E-state index contributed by atoms with van der Waals surface area (Å²) < 4.78 is 18.6. The molecule has 3 atom stereocenters. The molecule has 0 radical (unpaired) electrons. The molecule has 1 aliphatic heterocycles. The van der Waals surface area contributed by atoms with Crippen molar-refractivity contribution in [3.05, 3.63) is 48.0 Å². The minimum Gasteiger partial charge on any atom is -0.444 e. The van der Waals surface area contributed by atoms with Gasteiger partial charge in [-0.25, -0.2) is 13.3 Å². The van der Waals surface area contributed by atoms with Crippen LogP contribution in [0, 0.1) is 0 Å². The molecule has 1 aromatic carbocycles. The summed E-state index contributed by atoms with van der Waals surface area (Å²) in [4.78, 5) is 12.0. The zero-order valence-corrected chi connectivity index (χ0v) is 11.8. The van der Waals surface area contributed by atoms with Gasteiger partial charge < -0.3 is 4.74 Å². The molecule has 102 valence electrons. The lowest BCUT2D eigenvalue weighted by atomic mass is 10.2. The van der Waals surface area contributed by atoms with Crippen molar-refractivity contribution in [2.24, 2.45) is 0 Å². The van der Waals surface area contributed by atoms with Crippen molar-refractivity contribution < 1.29 is 13.7 Å². The molecule has 0 fully saturated rings. The van der Waals surface area contributed by atoms with Crippen LogP contribution >= 0.6 is 0 Å². The monoisotopic (exact) mass is 279 g/mol. The lowest BCUT2D eigenvalue weighted by Gasteiger charge is -2.30. The van der Waals surface area contributed by atoms with Gasteiger partial charge in [-0.1, -0.05) is 42.5 Å². The van der Waals surface area contributed by atoms with Crippen LogP contribution in [0.5, 0.6) is 0 Å². The smallest absolute Gasteiger partial charge is 0.422 e. The van der Waals surface area contributed by atoms with E-state index < -0.39 is 17.1 Å². The molecule has 1 aliphatic rings. The number of hydrogen-bond donors (Lipinski definition) is 0. The summed E-state index contributed by atoms with van der Waals surface area (Å²) in [6, 6.07) is 9.23. The van der Waals surface area contributed by atoms with Crippen LogP contribution in [0.15, 0.2) is 42.5 Å². The van der Waals surface area contributed by atoms with Crippen LogP contribution in [0.1, 0.15) is 19.4 Å². The van der Waals surface area contributed by atoms with Gasteiger partial charge in [0.15, 0.2) is 0 Å². The SMILES string of the molecule is CC1C=CC(C)S(=O)N1C(=O)OCc1ccccc1. The van der Waals surface area contributed by atoms with Gasteiger partial charge in [-0.15, -0.1) is 0 Å². The highest BCUT2D eigenvalue weighted by Gasteiger charge is 2.31. The first-order chi connectivity index (χ1) is 9.09. The Morgan fingerprint density at radius 3 is 2.63 bits per heavy atom. The molecule has 0 aliphatic carbocycles. The minimum atomic E-state index is -1.37. The number of carbonyl (C=O) groups excluding carboxylic acids is 1. The quantitative estimate of drug-likeness (QED) is 0.782. The largest absolute Gasteiger partial charge is 0.444 e. The average molecular weight is 279 g/mol. The van der Waals surface area contributed by atoms with Gasteiger partial charge in [0.05, 0.1) is 11.3 Å². The molecule has 1 amide bonds. The summed E-state index contributed by atoms with van der Waals surface area (Å²) in [6.07, 6.45) is 3.20. The van der Waals surface area contributed by atoms with Crippen molar-refractivity contribution in [2.75, 3.05) is 0 Å². The van der Waals surface area contributed by atoms with E-state index in [4.69, 9.17) is 4.74 Å². The van der Waals surface area contributed by atoms with Gasteiger partial charge in [0.2, 0.25) is 0 Å². The van der Waals surface area contributed by atoms with Crippen molar-refractivity contribution in [3.8, 4) is 0 Å². The maximum absolute atomic E-state index is 12.1. The predicted molar refractivity (Wildman–Crippen MR) is 74.7 cm³/mol. The van der Waals surface area contributed by atoms with E-state index in [1.165, 1.54) is 4.31 Å². The van der Waals surface area contributed by atoms with E-state index in [0.717, 1.165) is 5.56 Å². The van der Waals surface area contributed by atoms with Gasteiger partial charge in [0, 0.05) is 0 Å². The van der Waals surface area contributed by atoms with Crippen molar-refractivity contribution in [3.63, 3.8) is 0 Å². The number of amides is 1. The van der Waals surface area contributed by atoms with Crippen LogP contribution in [0.4, 0.5) is 4.79 Å². The average Bonchev–Trinajstić information content (AvgIpc) is 2.42. The van der Waals surface area contributed by atoms with Crippen molar-refractivity contribution in [2.45, 2.75) is 31.7 Å². The molecule has 0 saturated heterocycles. The van der Waals surface area contributed by atoms with Crippen molar-refractivity contribution in [1.82, 2.24) is 4.31 Å². The van der Waals surface area contributed by atoms with Gasteiger partial charge in [0.1, 0.15) is 17.6 Å². The second-order valence-electron chi connectivity index (χ2n) is 4.47. The number of carbonyl (C=O) groups is 1. The summed E-state index contributed by atoms with van der Waals surface area (Å²) in [5.41, 5.74) is 0.912. The van der Waals surface area contributed by atoms with Gasteiger partial charge in [-0.3, -0.25) is 0 Å². The van der Waals surface area contributed by atoms with Crippen LogP contribution in [0.25, 0.3) is 0 Å². The summed E-state index contributed by atoms with van der Waals surface area (Å²) in [7, 11) is -1.37. The summed E-state index contributed by atoms with van der Waals surface area (Å²) in [5.74, 6) is 0. The van der Waals surface area contributed by atoms with E-state index >= 15 is 0 Å². The number of rotatable bonds is 2. The zero-order valence-electron chi connectivity index (χ0n) is 11.0. The summed E-state index contributed by atoms with van der Waals surface area (Å²) in [6.45, 7) is 3.83. The fourth-order valence-corrected chi connectivity index (χ4v) is 3.01. The molecule has 4 nitrogen and oxygen atoms in total. The third-order valence-corrected chi connectivity index (χ3v) is 4.59. The lowest BCUT2D eigenvalue weighted by molar-refractivity contribution is 0.116. The van der Waals surface area contributed by atoms with E-state index in [2.05, 4.69) is 0 Å². The maximum atomic E-state index is 12.1. The molecule has 1 heterocycles. The summed E-state index contributed by atoms with van der Waals surface area (Å²) >= 11 is 0. The topological polar surface area (TPSA) is 46.6 Å². The maximum Gasteiger partial charge on any atom is 0.422 e. The fraction of sp³-hybridized carbons (Fsp3) is 0.357. The summed E-state index contributed by atoms with van der Waals surface area (Å²) in [5, 5.41) is -0.166. The van der Waals surface area contributed by atoms with Crippen LogP contribution in [-0.4, -0.2) is 25.9 Å². The minimum absolute atomic E-state index is 0.166.